The standard InChI is InChI=1S/C16H17NO3/c1-19-15-8-2-12(3-9-15)16(10-20-11-16)17-13-4-6-14(18)7-5-13/h2-9,17-18H,10-11H2,1H3. The molecule has 20 heavy (non-hydrogen) atoms. The van der Waals surface area contributed by atoms with E-state index in [0.29, 0.717) is 13.2 Å². The molecule has 4 nitrogen and oxygen atoms in total. The van der Waals surface area contributed by atoms with E-state index in [0.717, 1.165) is 17.0 Å². The molecule has 3 rings (SSSR count). The van der Waals surface area contributed by atoms with E-state index < -0.39 is 0 Å². The van der Waals surface area contributed by atoms with Crippen molar-refractivity contribution in [2.75, 3.05) is 25.6 Å². The molecule has 0 radical (unpaired) electrons. The Bertz CT molecular complexity index is 574. The molecule has 0 unspecified atom stereocenters. The van der Waals surface area contributed by atoms with Gasteiger partial charge in [0.25, 0.3) is 0 Å². The molecule has 0 saturated carbocycles. The first-order valence-corrected chi connectivity index (χ1v) is 6.51. The van der Waals surface area contributed by atoms with Gasteiger partial charge in [0.1, 0.15) is 17.0 Å². The molecule has 1 aliphatic heterocycles. The molecule has 1 heterocycles. The van der Waals surface area contributed by atoms with E-state index in [1.54, 1.807) is 19.2 Å². The van der Waals surface area contributed by atoms with Gasteiger partial charge >= 0.3 is 0 Å². The monoisotopic (exact) mass is 271 g/mol. The van der Waals surface area contributed by atoms with Crippen molar-refractivity contribution in [2.24, 2.45) is 0 Å². The van der Waals surface area contributed by atoms with Crippen LogP contribution in [0.5, 0.6) is 11.5 Å². The third-order valence-corrected chi connectivity index (χ3v) is 3.59. The molecule has 2 aromatic rings. The zero-order chi connectivity index (χ0) is 14.0. The van der Waals surface area contributed by atoms with Crippen molar-refractivity contribution in [1.82, 2.24) is 0 Å². The zero-order valence-electron chi connectivity index (χ0n) is 11.3. The molecule has 1 fully saturated rings. The second-order valence-electron chi connectivity index (χ2n) is 4.98. The van der Waals surface area contributed by atoms with Crippen LogP contribution in [0.15, 0.2) is 48.5 Å². The molecule has 2 N–H and O–H groups in total. The lowest BCUT2D eigenvalue weighted by molar-refractivity contribution is -0.0447. The third kappa shape index (κ3) is 2.30. The summed E-state index contributed by atoms with van der Waals surface area (Å²) in [7, 11) is 1.66. The van der Waals surface area contributed by atoms with Crippen LogP contribution >= 0.6 is 0 Å². The molecule has 0 aromatic heterocycles. The number of anilines is 1. The topological polar surface area (TPSA) is 50.7 Å². The average molecular weight is 271 g/mol. The molecule has 1 saturated heterocycles. The van der Waals surface area contributed by atoms with Gasteiger partial charge in [-0.15, -0.1) is 0 Å². The number of nitrogens with one attached hydrogen (secondary N) is 1. The Morgan fingerprint density at radius 3 is 2.20 bits per heavy atom. The van der Waals surface area contributed by atoms with Gasteiger partial charge in [0.05, 0.1) is 20.3 Å². The van der Waals surface area contributed by atoms with E-state index in [-0.39, 0.29) is 11.3 Å². The van der Waals surface area contributed by atoms with E-state index >= 15 is 0 Å². The fourth-order valence-corrected chi connectivity index (χ4v) is 2.35. The van der Waals surface area contributed by atoms with Gasteiger partial charge < -0.3 is 19.9 Å². The van der Waals surface area contributed by atoms with Crippen molar-refractivity contribution in [1.29, 1.82) is 0 Å². The summed E-state index contributed by atoms with van der Waals surface area (Å²) in [6, 6.07) is 15.1. The van der Waals surface area contributed by atoms with Crippen molar-refractivity contribution < 1.29 is 14.6 Å². The van der Waals surface area contributed by atoms with Gasteiger partial charge in [0.2, 0.25) is 0 Å². The molecular weight excluding hydrogens is 254 g/mol. The lowest BCUT2D eigenvalue weighted by atomic mass is 9.87. The normalized spacial score (nSPS) is 16.2. The molecule has 0 amide bonds. The predicted octanol–water partition coefficient (Wildman–Crippen LogP) is 2.74. The summed E-state index contributed by atoms with van der Waals surface area (Å²) in [6.07, 6.45) is 0. The SMILES string of the molecule is COc1ccc(C2(Nc3ccc(O)cc3)COC2)cc1. The highest BCUT2D eigenvalue weighted by Crippen LogP contribution is 2.34. The van der Waals surface area contributed by atoms with E-state index in [1.807, 2.05) is 24.3 Å². The quantitative estimate of drug-likeness (QED) is 0.840. The van der Waals surface area contributed by atoms with E-state index in [9.17, 15) is 5.11 Å². The maximum atomic E-state index is 9.33. The maximum absolute atomic E-state index is 9.33. The highest BCUT2D eigenvalue weighted by Gasteiger charge is 2.40. The van der Waals surface area contributed by atoms with Crippen molar-refractivity contribution in [2.45, 2.75) is 5.54 Å². The largest absolute Gasteiger partial charge is 0.508 e. The van der Waals surface area contributed by atoms with Crippen LogP contribution < -0.4 is 10.1 Å². The lowest BCUT2D eigenvalue weighted by Gasteiger charge is -2.43. The zero-order valence-corrected chi connectivity index (χ0v) is 11.3. The Balaban J connectivity index is 1.84. The summed E-state index contributed by atoms with van der Waals surface area (Å²) < 4.78 is 10.6. The van der Waals surface area contributed by atoms with Gasteiger partial charge in [0, 0.05) is 5.69 Å². The molecule has 0 aliphatic carbocycles. The Labute approximate surface area is 118 Å². The van der Waals surface area contributed by atoms with Crippen molar-refractivity contribution >= 4 is 5.69 Å². The van der Waals surface area contributed by atoms with E-state index in [1.165, 1.54) is 0 Å². The fourth-order valence-electron chi connectivity index (χ4n) is 2.35. The molecule has 0 bridgehead atoms. The molecule has 2 aromatic carbocycles. The first kappa shape index (κ1) is 12.8. The van der Waals surface area contributed by atoms with Crippen LogP contribution in [-0.2, 0) is 10.3 Å². The smallest absolute Gasteiger partial charge is 0.118 e. The third-order valence-electron chi connectivity index (χ3n) is 3.59. The summed E-state index contributed by atoms with van der Waals surface area (Å²) in [6.45, 7) is 1.25. The van der Waals surface area contributed by atoms with Gasteiger partial charge in [-0.3, -0.25) is 0 Å². The number of hydrogen-bond acceptors (Lipinski definition) is 4. The van der Waals surface area contributed by atoms with Crippen molar-refractivity contribution in [3.8, 4) is 11.5 Å². The predicted molar refractivity (Wildman–Crippen MR) is 77.2 cm³/mol. The highest BCUT2D eigenvalue weighted by molar-refractivity contribution is 5.51. The molecule has 4 heteroatoms. The molecular formula is C16H17NO3. The number of phenolic OH excluding ortho intramolecular Hbond substituents is 1. The van der Waals surface area contributed by atoms with Crippen LogP contribution in [-0.4, -0.2) is 25.4 Å². The van der Waals surface area contributed by atoms with Crippen LogP contribution in [0.4, 0.5) is 5.69 Å². The summed E-state index contributed by atoms with van der Waals surface area (Å²) >= 11 is 0. The Morgan fingerprint density at radius 1 is 1.05 bits per heavy atom. The average Bonchev–Trinajstić information content (AvgIpc) is 2.45. The minimum Gasteiger partial charge on any atom is -0.508 e. The molecule has 1 aliphatic rings. The molecule has 0 atom stereocenters. The van der Waals surface area contributed by atoms with Gasteiger partial charge in [-0.05, 0) is 42.0 Å². The van der Waals surface area contributed by atoms with E-state index in [2.05, 4.69) is 17.4 Å². The Hall–Kier alpha value is -2.20. The van der Waals surface area contributed by atoms with Gasteiger partial charge in [-0.2, -0.15) is 0 Å². The summed E-state index contributed by atoms with van der Waals surface area (Å²) in [4.78, 5) is 0. The summed E-state index contributed by atoms with van der Waals surface area (Å²) in [5, 5.41) is 12.8. The number of methoxy groups -OCH3 is 1. The number of benzene rings is 2. The summed E-state index contributed by atoms with van der Waals surface area (Å²) in [5.74, 6) is 1.10. The van der Waals surface area contributed by atoms with Crippen LogP contribution in [0.1, 0.15) is 5.56 Å². The minimum atomic E-state index is -0.205. The first-order chi connectivity index (χ1) is 9.72. The number of hydrogen-bond donors (Lipinski definition) is 2. The number of aromatic hydroxyl groups is 1. The lowest BCUT2D eigenvalue weighted by Crippen LogP contribution is -2.52. The van der Waals surface area contributed by atoms with Gasteiger partial charge in [-0.25, -0.2) is 0 Å². The van der Waals surface area contributed by atoms with E-state index in [4.69, 9.17) is 9.47 Å². The second kappa shape index (κ2) is 5.06. The maximum Gasteiger partial charge on any atom is 0.118 e. The molecule has 0 spiro atoms. The Morgan fingerprint density at radius 2 is 1.70 bits per heavy atom. The fraction of sp³-hybridized carbons (Fsp3) is 0.250. The second-order valence-corrected chi connectivity index (χ2v) is 4.98. The van der Waals surface area contributed by atoms with Gasteiger partial charge in [-0.1, -0.05) is 12.1 Å². The van der Waals surface area contributed by atoms with Gasteiger partial charge in [0.15, 0.2) is 0 Å². The van der Waals surface area contributed by atoms with Crippen LogP contribution in [0, 0.1) is 0 Å². The number of ether oxygens (including phenoxy) is 2. The number of rotatable bonds is 4. The molecule has 104 valence electrons. The van der Waals surface area contributed by atoms with Crippen LogP contribution in [0.3, 0.4) is 0 Å². The first-order valence-electron chi connectivity index (χ1n) is 6.51. The van der Waals surface area contributed by atoms with Crippen molar-refractivity contribution in [3.63, 3.8) is 0 Å². The number of phenols is 1. The minimum absolute atomic E-state index is 0.205. The van der Waals surface area contributed by atoms with Crippen LogP contribution in [0.25, 0.3) is 0 Å². The summed E-state index contributed by atoms with van der Waals surface area (Å²) in [5.41, 5.74) is 1.92. The van der Waals surface area contributed by atoms with Crippen molar-refractivity contribution in [3.05, 3.63) is 54.1 Å². The Kier molecular flexibility index (Phi) is 3.24. The highest BCUT2D eigenvalue weighted by atomic mass is 16.5. The van der Waals surface area contributed by atoms with Crippen LogP contribution in [0.2, 0.25) is 0 Å².